The molecule has 182 valence electrons. The van der Waals surface area contributed by atoms with Gasteiger partial charge in [-0.1, -0.05) is 12.1 Å². The molecule has 1 fully saturated rings. The molecule has 8 nitrogen and oxygen atoms in total. The smallest absolute Gasteiger partial charge is 0.244 e. The summed E-state index contributed by atoms with van der Waals surface area (Å²) in [4.78, 5) is 26.6. The summed E-state index contributed by atoms with van der Waals surface area (Å²) in [6, 6.07) is 10.6. The van der Waals surface area contributed by atoms with Crippen LogP contribution in [-0.2, 0) is 26.0 Å². The Kier molecular flexibility index (Phi) is 7.30. The Morgan fingerprint density at radius 2 is 1.85 bits per heavy atom. The maximum absolute atomic E-state index is 13.4. The fourth-order valence-corrected chi connectivity index (χ4v) is 7.04. The molecule has 0 aromatic heterocycles. The van der Waals surface area contributed by atoms with E-state index in [0.717, 1.165) is 5.56 Å². The molecule has 2 aromatic carbocycles. The largest absolute Gasteiger partial charge is 0.492 e. The molecule has 4 rings (SSSR count). The van der Waals surface area contributed by atoms with Crippen LogP contribution in [0, 0.1) is 5.92 Å². The van der Waals surface area contributed by atoms with E-state index < -0.39 is 10.0 Å². The molecule has 0 spiro atoms. The van der Waals surface area contributed by atoms with Gasteiger partial charge in [-0.2, -0.15) is 4.31 Å². The van der Waals surface area contributed by atoms with Gasteiger partial charge < -0.3 is 15.0 Å². The summed E-state index contributed by atoms with van der Waals surface area (Å²) in [6.07, 6.45) is 1.54. The second-order valence-electron chi connectivity index (χ2n) is 8.43. The zero-order valence-corrected chi connectivity index (χ0v) is 21.6. The highest BCUT2D eigenvalue weighted by Crippen LogP contribution is 2.37. The van der Waals surface area contributed by atoms with Gasteiger partial charge in [-0.25, -0.2) is 8.42 Å². The van der Waals surface area contributed by atoms with Crippen LogP contribution < -0.4 is 15.0 Å². The third kappa shape index (κ3) is 4.85. The lowest BCUT2D eigenvalue weighted by atomic mass is 9.97. The van der Waals surface area contributed by atoms with Crippen molar-refractivity contribution in [1.29, 1.82) is 0 Å². The van der Waals surface area contributed by atoms with Crippen LogP contribution in [0.4, 0.5) is 11.4 Å². The molecule has 0 saturated carbocycles. The first-order valence-corrected chi connectivity index (χ1v) is 13.6. The van der Waals surface area contributed by atoms with Gasteiger partial charge in [-0.15, -0.1) is 0 Å². The van der Waals surface area contributed by atoms with E-state index in [2.05, 4.69) is 21.2 Å². The highest BCUT2D eigenvalue weighted by atomic mass is 79.9. The van der Waals surface area contributed by atoms with Crippen molar-refractivity contribution in [2.45, 2.75) is 38.0 Å². The number of hydrogen-bond donors (Lipinski definition) is 1. The first kappa shape index (κ1) is 24.7. The van der Waals surface area contributed by atoms with Gasteiger partial charge in [-0.3, -0.25) is 9.59 Å². The quantitative estimate of drug-likeness (QED) is 0.591. The fourth-order valence-electron chi connectivity index (χ4n) is 4.50. The van der Waals surface area contributed by atoms with Crippen LogP contribution in [0.5, 0.6) is 5.75 Å². The highest BCUT2D eigenvalue weighted by molar-refractivity contribution is 9.10. The van der Waals surface area contributed by atoms with Crippen molar-refractivity contribution in [3.8, 4) is 5.75 Å². The van der Waals surface area contributed by atoms with Crippen LogP contribution in [0.25, 0.3) is 0 Å². The Balaban J connectivity index is 1.46. The van der Waals surface area contributed by atoms with Gasteiger partial charge in [0.05, 0.1) is 17.2 Å². The molecular formula is C24H28BrN3O5S. The third-order valence-electron chi connectivity index (χ3n) is 6.30. The molecule has 10 heteroatoms. The first-order chi connectivity index (χ1) is 16.2. The molecule has 2 aliphatic rings. The van der Waals surface area contributed by atoms with Gasteiger partial charge in [-0.05, 0) is 71.9 Å². The average Bonchev–Trinajstić information content (AvgIpc) is 3.23. The molecule has 2 aromatic rings. The second kappa shape index (κ2) is 10.1. The Hall–Kier alpha value is -2.43. The third-order valence-corrected chi connectivity index (χ3v) is 9.15. The van der Waals surface area contributed by atoms with Crippen molar-refractivity contribution in [1.82, 2.24) is 4.31 Å². The van der Waals surface area contributed by atoms with E-state index in [-0.39, 0.29) is 35.7 Å². The number of nitrogens with one attached hydrogen (secondary N) is 1. The van der Waals surface area contributed by atoms with E-state index in [9.17, 15) is 18.0 Å². The van der Waals surface area contributed by atoms with E-state index >= 15 is 0 Å². The zero-order valence-electron chi connectivity index (χ0n) is 19.2. The minimum atomic E-state index is -3.79. The SMILES string of the molecule is CCOc1ccccc1NC(=O)C1CCN(S(=O)(=O)c2cc3c(cc2Br)CCN3C(C)=O)CC1. The minimum Gasteiger partial charge on any atom is -0.492 e. The lowest BCUT2D eigenvalue weighted by Gasteiger charge is -2.31. The normalized spacial score (nSPS) is 16.9. The maximum atomic E-state index is 13.4. The topological polar surface area (TPSA) is 96.0 Å². The summed E-state index contributed by atoms with van der Waals surface area (Å²) >= 11 is 3.42. The zero-order chi connectivity index (χ0) is 24.5. The minimum absolute atomic E-state index is 0.109. The number of fused-ring (bicyclic) bond motifs is 1. The molecule has 2 heterocycles. The molecule has 1 saturated heterocycles. The van der Waals surface area contributed by atoms with Crippen LogP contribution in [0.2, 0.25) is 0 Å². The predicted molar refractivity (Wildman–Crippen MR) is 134 cm³/mol. The van der Waals surface area contributed by atoms with E-state index in [1.807, 2.05) is 19.1 Å². The summed E-state index contributed by atoms with van der Waals surface area (Å²) in [5.41, 5.74) is 2.21. The number of ether oxygens (including phenoxy) is 1. The molecule has 0 unspecified atom stereocenters. The van der Waals surface area contributed by atoms with Gasteiger partial charge in [0.1, 0.15) is 5.75 Å². The Morgan fingerprint density at radius 3 is 2.53 bits per heavy atom. The molecule has 0 radical (unpaired) electrons. The highest BCUT2D eigenvalue weighted by Gasteiger charge is 2.35. The van der Waals surface area contributed by atoms with E-state index in [4.69, 9.17) is 4.74 Å². The number of halogens is 1. The molecule has 0 bridgehead atoms. The number of amides is 2. The molecular weight excluding hydrogens is 522 g/mol. The van der Waals surface area contributed by atoms with Crippen LogP contribution in [0.1, 0.15) is 32.3 Å². The van der Waals surface area contributed by atoms with Crippen LogP contribution in [0.3, 0.4) is 0 Å². The Bertz CT molecular complexity index is 1210. The summed E-state index contributed by atoms with van der Waals surface area (Å²) in [5, 5.41) is 2.93. The lowest BCUT2D eigenvalue weighted by Crippen LogP contribution is -2.41. The average molecular weight is 550 g/mol. The molecule has 0 aliphatic carbocycles. The van der Waals surface area contributed by atoms with Gasteiger partial charge in [0.2, 0.25) is 21.8 Å². The number of sulfonamides is 1. The van der Waals surface area contributed by atoms with Gasteiger partial charge in [0.15, 0.2) is 0 Å². The van der Waals surface area contributed by atoms with Gasteiger partial charge >= 0.3 is 0 Å². The van der Waals surface area contributed by atoms with Gasteiger partial charge in [0.25, 0.3) is 0 Å². The van der Waals surface area contributed by atoms with E-state index in [0.29, 0.717) is 54.0 Å². The van der Waals surface area contributed by atoms with Crippen LogP contribution in [-0.4, -0.2) is 50.8 Å². The molecule has 0 atom stereocenters. The van der Waals surface area contributed by atoms with Crippen molar-refractivity contribution < 1.29 is 22.7 Å². The fraction of sp³-hybridized carbons (Fsp3) is 0.417. The number of para-hydroxylation sites is 2. The number of carbonyl (C=O) groups is 2. The van der Waals surface area contributed by atoms with Crippen molar-refractivity contribution >= 4 is 49.1 Å². The predicted octanol–water partition coefficient (Wildman–Crippen LogP) is 3.80. The van der Waals surface area contributed by atoms with Gasteiger partial charge in [0, 0.05) is 42.6 Å². The number of carbonyl (C=O) groups excluding carboxylic acids is 2. The summed E-state index contributed by atoms with van der Waals surface area (Å²) < 4.78 is 34.4. The molecule has 2 aliphatic heterocycles. The van der Waals surface area contributed by atoms with Crippen LogP contribution >= 0.6 is 15.9 Å². The monoisotopic (exact) mass is 549 g/mol. The number of anilines is 2. The van der Waals surface area contributed by atoms with Crippen molar-refractivity contribution in [3.05, 3.63) is 46.4 Å². The van der Waals surface area contributed by atoms with Crippen molar-refractivity contribution in [2.24, 2.45) is 5.92 Å². The summed E-state index contributed by atoms with van der Waals surface area (Å²) in [5.74, 6) is 0.0689. The number of benzene rings is 2. The van der Waals surface area contributed by atoms with E-state index in [1.54, 1.807) is 29.2 Å². The van der Waals surface area contributed by atoms with Crippen molar-refractivity contribution in [3.63, 3.8) is 0 Å². The second-order valence-corrected chi connectivity index (χ2v) is 11.2. The molecule has 2 amide bonds. The Morgan fingerprint density at radius 1 is 1.15 bits per heavy atom. The standard InChI is InChI=1S/C24H28BrN3O5S/c1-3-33-22-7-5-4-6-20(22)26-24(30)17-8-11-27(12-9-17)34(31,32)23-15-21-18(14-19(23)25)10-13-28(21)16(2)29/h4-7,14-15,17H,3,8-13H2,1-2H3,(H,26,30). The van der Waals surface area contributed by atoms with Crippen LogP contribution in [0.15, 0.2) is 45.8 Å². The number of rotatable bonds is 6. The number of nitrogens with zero attached hydrogens (tertiary/aromatic N) is 2. The summed E-state index contributed by atoms with van der Waals surface area (Å²) in [7, 11) is -3.79. The van der Waals surface area contributed by atoms with E-state index in [1.165, 1.54) is 11.2 Å². The first-order valence-electron chi connectivity index (χ1n) is 11.4. The number of hydrogen-bond acceptors (Lipinski definition) is 5. The Labute approximate surface area is 208 Å². The van der Waals surface area contributed by atoms with Crippen molar-refractivity contribution in [2.75, 3.05) is 36.5 Å². The lowest BCUT2D eigenvalue weighted by molar-refractivity contribution is -0.121. The summed E-state index contributed by atoms with van der Waals surface area (Å²) in [6.45, 7) is 4.89. The number of piperidine rings is 1. The molecule has 1 N–H and O–H groups in total. The molecule has 34 heavy (non-hydrogen) atoms. The maximum Gasteiger partial charge on any atom is 0.244 e.